The molecule has 2 aliphatic rings. The van der Waals surface area contributed by atoms with Crippen molar-refractivity contribution in [3.63, 3.8) is 0 Å². The van der Waals surface area contributed by atoms with E-state index in [1.807, 2.05) is 11.0 Å². The van der Waals surface area contributed by atoms with Gasteiger partial charge in [-0.3, -0.25) is 9.69 Å². The van der Waals surface area contributed by atoms with Crippen molar-refractivity contribution in [3.8, 4) is 0 Å². The SMILES string of the molecule is COCc1c(C(=O)N2CCN(CC3CCCCC3)CC2)sc2cccc(F)c12. The quantitative estimate of drug-likeness (QED) is 0.734. The van der Waals surface area contributed by atoms with Crippen molar-refractivity contribution < 1.29 is 13.9 Å². The van der Waals surface area contributed by atoms with Crippen LogP contribution in [0.4, 0.5) is 4.39 Å². The first-order valence-electron chi connectivity index (χ1n) is 10.4. The maximum absolute atomic E-state index is 14.4. The number of benzene rings is 1. The molecule has 6 heteroatoms. The molecule has 1 saturated heterocycles. The largest absolute Gasteiger partial charge is 0.380 e. The van der Waals surface area contributed by atoms with E-state index in [0.29, 0.717) is 15.8 Å². The van der Waals surface area contributed by atoms with Crippen molar-refractivity contribution >= 4 is 27.3 Å². The standard InChI is InChI=1S/C22H29FN2O2S/c1-27-15-17-20-18(23)8-5-9-19(20)28-21(17)22(26)25-12-10-24(11-13-25)14-16-6-3-2-4-7-16/h5,8-9,16H,2-4,6-7,10-15H2,1H3. The van der Waals surface area contributed by atoms with Gasteiger partial charge in [0, 0.05) is 55.5 Å². The molecule has 2 heterocycles. The molecule has 0 unspecified atom stereocenters. The molecule has 0 spiro atoms. The zero-order chi connectivity index (χ0) is 19.5. The lowest BCUT2D eigenvalue weighted by molar-refractivity contribution is 0.0607. The number of carbonyl (C=O) groups is 1. The Kier molecular flexibility index (Phi) is 6.28. The average Bonchev–Trinajstić information content (AvgIpc) is 3.09. The first kappa shape index (κ1) is 19.8. The fraction of sp³-hybridized carbons (Fsp3) is 0.591. The van der Waals surface area contributed by atoms with E-state index in [2.05, 4.69) is 4.90 Å². The van der Waals surface area contributed by atoms with E-state index in [0.717, 1.165) is 36.8 Å². The van der Waals surface area contributed by atoms with Crippen molar-refractivity contribution in [1.29, 1.82) is 0 Å². The monoisotopic (exact) mass is 404 g/mol. The highest BCUT2D eigenvalue weighted by molar-refractivity contribution is 7.21. The molecule has 1 aromatic heterocycles. The Morgan fingerprint density at radius 3 is 2.64 bits per heavy atom. The molecule has 28 heavy (non-hydrogen) atoms. The molecule has 4 rings (SSSR count). The first-order valence-corrected chi connectivity index (χ1v) is 11.2. The number of hydrogen-bond donors (Lipinski definition) is 0. The highest BCUT2D eigenvalue weighted by Gasteiger charge is 2.28. The fourth-order valence-corrected chi connectivity index (χ4v) is 5.82. The number of hydrogen-bond acceptors (Lipinski definition) is 4. The number of ether oxygens (including phenoxy) is 1. The van der Waals surface area contributed by atoms with Crippen LogP contribution < -0.4 is 0 Å². The number of nitrogens with zero attached hydrogens (tertiary/aromatic N) is 2. The predicted octanol–water partition coefficient (Wildman–Crippen LogP) is 4.52. The van der Waals surface area contributed by atoms with E-state index in [1.54, 1.807) is 13.2 Å². The summed E-state index contributed by atoms with van der Waals surface area (Å²) in [4.78, 5) is 18.3. The number of carbonyl (C=O) groups excluding carboxylic acids is 1. The van der Waals surface area contributed by atoms with Gasteiger partial charge in [0.25, 0.3) is 5.91 Å². The van der Waals surface area contributed by atoms with Crippen LogP contribution in [-0.2, 0) is 11.3 Å². The maximum Gasteiger partial charge on any atom is 0.264 e. The minimum absolute atomic E-state index is 0.0185. The second-order valence-corrected chi connectivity index (χ2v) is 9.10. The molecule has 0 N–H and O–H groups in total. The van der Waals surface area contributed by atoms with Crippen LogP contribution in [0.3, 0.4) is 0 Å². The van der Waals surface area contributed by atoms with Crippen LogP contribution in [0.15, 0.2) is 18.2 Å². The molecule has 1 aliphatic carbocycles. The van der Waals surface area contributed by atoms with E-state index >= 15 is 0 Å². The van der Waals surface area contributed by atoms with Crippen LogP contribution in [-0.4, -0.2) is 55.5 Å². The zero-order valence-electron chi connectivity index (χ0n) is 16.6. The molecule has 152 valence electrons. The summed E-state index contributed by atoms with van der Waals surface area (Å²) in [5.74, 6) is 0.567. The number of halogens is 1. The van der Waals surface area contributed by atoms with Crippen molar-refractivity contribution in [3.05, 3.63) is 34.5 Å². The van der Waals surface area contributed by atoms with Gasteiger partial charge in [0.05, 0.1) is 11.5 Å². The molecule has 0 atom stereocenters. The molecule has 1 saturated carbocycles. The van der Waals surface area contributed by atoms with E-state index < -0.39 is 0 Å². The van der Waals surface area contributed by atoms with E-state index in [4.69, 9.17) is 4.74 Å². The summed E-state index contributed by atoms with van der Waals surface area (Å²) >= 11 is 1.38. The number of thiophene rings is 1. The third-order valence-electron chi connectivity index (χ3n) is 6.15. The van der Waals surface area contributed by atoms with Crippen LogP contribution in [0.25, 0.3) is 10.1 Å². The second-order valence-electron chi connectivity index (χ2n) is 8.05. The van der Waals surface area contributed by atoms with Gasteiger partial charge in [-0.1, -0.05) is 25.3 Å². The van der Waals surface area contributed by atoms with Gasteiger partial charge in [-0.25, -0.2) is 4.39 Å². The predicted molar refractivity (Wildman–Crippen MR) is 111 cm³/mol. The average molecular weight is 405 g/mol. The summed E-state index contributed by atoms with van der Waals surface area (Å²) in [6.07, 6.45) is 6.83. The summed E-state index contributed by atoms with van der Waals surface area (Å²) in [6, 6.07) is 5.02. The molecule has 1 amide bonds. The summed E-state index contributed by atoms with van der Waals surface area (Å²) in [7, 11) is 1.59. The number of rotatable bonds is 5. The highest BCUT2D eigenvalue weighted by Crippen LogP contribution is 2.35. The van der Waals surface area contributed by atoms with Crippen LogP contribution in [0.2, 0.25) is 0 Å². The lowest BCUT2D eigenvalue weighted by atomic mass is 9.89. The minimum Gasteiger partial charge on any atom is -0.380 e. The fourth-order valence-electron chi connectivity index (χ4n) is 4.63. The van der Waals surface area contributed by atoms with Crippen LogP contribution in [0.5, 0.6) is 0 Å². The van der Waals surface area contributed by atoms with Crippen molar-refractivity contribution in [2.75, 3.05) is 39.8 Å². The van der Waals surface area contributed by atoms with Gasteiger partial charge in [0.1, 0.15) is 5.82 Å². The van der Waals surface area contributed by atoms with Gasteiger partial charge in [-0.15, -0.1) is 11.3 Å². The summed E-state index contributed by atoms with van der Waals surface area (Å²) in [6.45, 7) is 4.78. The maximum atomic E-state index is 14.4. The van der Waals surface area contributed by atoms with Gasteiger partial charge < -0.3 is 9.64 Å². The molecule has 2 fully saturated rings. The van der Waals surface area contributed by atoms with Crippen molar-refractivity contribution in [2.45, 2.75) is 38.7 Å². The lowest BCUT2D eigenvalue weighted by Crippen LogP contribution is -2.49. The Hall–Kier alpha value is -1.50. The van der Waals surface area contributed by atoms with Crippen molar-refractivity contribution in [2.24, 2.45) is 5.92 Å². The van der Waals surface area contributed by atoms with Crippen LogP contribution in [0, 0.1) is 11.7 Å². The Bertz CT molecular complexity index is 823. The summed E-state index contributed by atoms with van der Waals surface area (Å²) < 4.78 is 20.5. The molecule has 0 radical (unpaired) electrons. The summed E-state index contributed by atoms with van der Waals surface area (Å²) in [5.41, 5.74) is 0.690. The first-order chi connectivity index (χ1) is 13.7. The Labute approximate surface area is 170 Å². The van der Waals surface area contributed by atoms with Gasteiger partial charge in [0.15, 0.2) is 0 Å². The number of amides is 1. The van der Waals surface area contributed by atoms with Crippen LogP contribution in [0.1, 0.15) is 47.3 Å². The van der Waals surface area contributed by atoms with E-state index in [1.165, 1.54) is 56.1 Å². The third kappa shape index (κ3) is 4.09. The topological polar surface area (TPSA) is 32.8 Å². The van der Waals surface area contributed by atoms with E-state index in [-0.39, 0.29) is 18.3 Å². The van der Waals surface area contributed by atoms with Gasteiger partial charge in [0.2, 0.25) is 0 Å². The van der Waals surface area contributed by atoms with Gasteiger partial charge >= 0.3 is 0 Å². The molecular weight excluding hydrogens is 375 g/mol. The van der Waals surface area contributed by atoms with Crippen molar-refractivity contribution in [1.82, 2.24) is 9.80 Å². The third-order valence-corrected chi connectivity index (χ3v) is 7.33. The molecule has 0 bridgehead atoms. The second kappa shape index (κ2) is 8.89. The number of methoxy groups -OCH3 is 1. The summed E-state index contributed by atoms with van der Waals surface area (Å²) in [5, 5.41) is 0.536. The minimum atomic E-state index is -0.280. The molecule has 2 aromatic rings. The number of piperazine rings is 1. The highest BCUT2D eigenvalue weighted by atomic mass is 32.1. The normalized spacial score (nSPS) is 19.4. The van der Waals surface area contributed by atoms with Crippen LogP contribution >= 0.6 is 11.3 Å². The molecule has 1 aromatic carbocycles. The number of fused-ring (bicyclic) bond motifs is 1. The van der Waals surface area contributed by atoms with Gasteiger partial charge in [-0.2, -0.15) is 0 Å². The Morgan fingerprint density at radius 1 is 1.18 bits per heavy atom. The molecule has 1 aliphatic heterocycles. The van der Waals surface area contributed by atoms with E-state index in [9.17, 15) is 9.18 Å². The Balaban J connectivity index is 1.45. The Morgan fingerprint density at radius 2 is 1.93 bits per heavy atom. The lowest BCUT2D eigenvalue weighted by Gasteiger charge is -2.37. The zero-order valence-corrected chi connectivity index (χ0v) is 17.4. The smallest absolute Gasteiger partial charge is 0.264 e. The molecular formula is C22H29FN2O2S. The van der Waals surface area contributed by atoms with Gasteiger partial charge in [-0.05, 0) is 30.9 Å². The molecule has 4 nitrogen and oxygen atoms in total.